The lowest BCUT2D eigenvalue weighted by atomic mass is 10.1. The van der Waals surface area contributed by atoms with Crippen LogP contribution >= 0.6 is 0 Å². The first-order chi connectivity index (χ1) is 7.60. The molecule has 0 aromatic heterocycles. The van der Waals surface area contributed by atoms with Crippen LogP contribution in [0.5, 0.6) is 0 Å². The Bertz CT molecular complexity index is 234. The molecule has 1 aliphatic rings. The first-order valence-corrected chi connectivity index (χ1v) is 6.02. The molecular weight excluding hydrogens is 204 g/mol. The smallest absolute Gasteiger partial charge is 0.237 e. The lowest BCUT2D eigenvalue weighted by Crippen LogP contribution is -2.60. The number of piperazine rings is 1. The van der Waals surface area contributed by atoms with E-state index in [1.54, 1.807) is 0 Å². The minimum atomic E-state index is -0.0813. The predicted octanol–water partition coefficient (Wildman–Crippen LogP) is -0.914. The minimum Gasteiger partial charge on any atom is -0.355 e. The highest BCUT2D eigenvalue weighted by molar-refractivity contribution is 5.81. The van der Waals surface area contributed by atoms with Crippen LogP contribution in [0.4, 0.5) is 0 Å². The molecule has 2 unspecified atom stereocenters. The zero-order valence-corrected chi connectivity index (χ0v) is 10.6. The molecule has 0 aromatic rings. The van der Waals surface area contributed by atoms with Gasteiger partial charge in [-0.2, -0.15) is 0 Å². The Hall–Kier alpha value is -0.650. The van der Waals surface area contributed by atoms with Crippen LogP contribution < -0.4 is 11.1 Å². The highest BCUT2D eigenvalue weighted by atomic mass is 16.2. The number of carbonyl (C=O) groups is 1. The molecule has 2 atom stereocenters. The molecule has 1 rings (SSSR count). The maximum Gasteiger partial charge on any atom is 0.237 e. The fraction of sp³-hybridized carbons (Fsp3) is 0.909. The molecule has 0 saturated carbocycles. The molecule has 0 spiro atoms. The standard InChI is InChI=1S/C11H24N4O/c1-4-13-11(16)9(2)15-6-5-14(3)8-10(15)7-12/h9-10H,4-8,12H2,1-3H3,(H,13,16). The highest BCUT2D eigenvalue weighted by Crippen LogP contribution is 2.11. The Kier molecular flexibility index (Phi) is 5.18. The van der Waals surface area contributed by atoms with Crippen molar-refractivity contribution in [3.05, 3.63) is 0 Å². The largest absolute Gasteiger partial charge is 0.355 e. The van der Waals surface area contributed by atoms with Crippen molar-refractivity contribution in [3.8, 4) is 0 Å². The van der Waals surface area contributed by atoms with Gasteiger partial charge in [0.1, 0.15) is 0 Å². The van der Waals surface area contributed by atoms with Crippen molar-refractivity contribution in [3.63, 3.8) is 0 Å². The number of amides is 1. The van der Waals surface area contributed by atoms with E-state index in [4.69, 9.17) is 5.73 Å². The fourth-order valence-corrected chi connectivity index (χ4v) is 2.22. The van der Waals surface area contributed by atoms with Gasteiger partial charge in [-0.25, -0.2) is 0 Å². The summed E-state index contributed by atoms with van der Waals surface area (Å²) < 4.78 is 0. The van der Waals surface area contributed by atoms with Crippen LogP contribution in [0.2, 0.25) is 0 Å². The first kappa shape index (κ1) is 13.4. The molecule has 5 nitrogen and oxygen atoms in total. The molecule has 0 radical (unpaired) electrons. The van der Waals surface area contributed by atoms with Crippen molar-refractivity contribution in [2.75, 3.05) is 39.8 Å². The number of hydrogen-bond acceptors (Lipinski definition) is 4. The number of nitrogens with zero attached hydrogens (tertiary/aromatic N) is 2. The molecule has 1 fully saturated rings. The Balaban J connectivity index is 2.59. The number of rotatable bonds is 4. The number of nitrogens with one attached hydrogen (secondary N) is 1. The second kappa shape index (κ2) is 6.18. The molecule has 5 heteroatoms. The predicted molar refractivity (Wildman–Crippen MR) is 65.2 cm³/mol. The average molecular weight is 228 g/mol. The molecule has 0 aromatic carbocycles. The average Bonchev–Trinajstić information content (AvgIpc) is 2.28. The second-order valence-corrected chi connectivity index (χ2v) is 4.46. The minimum absolute atomic E-state index is 0.0813. The Morgan fingerprint density at radius 1 is 1.56 bits per heavy atom. The van der Waals surface area contributed by atoms with E-state index in [0.29, 0.717) is 13.1 Å². The van der Waals surface area contributed by atoms with E-state index < -0.39 is 0 Å². The lowest BCUT2D eigenvalue weighted by Gasteiger charge is -2.42. The quantitative estimate of drug-likeness (QED) is 0.654. The number of nitrogens with two attached hydrogens (primary N) is 1. The summed E-state index contributed by atoms with van der Waals surface area (Å²) in [6, 6.07) is 0.207. The summed E-state index contributed by atoms with van der Waals surface area (Å²) in [6.45, 7) is 8.05. The van der Waals surface area contributed by atoms with Crippen molar-refractivity contribution in [1.82, 2.24) is 15.1 Å². The van der Waals surface area contributed by atoms with Crippen molar-refractivity contribution in [1.29, 1.82) is 0 Å². The van der Waals surface area contributed by atoms with Crippen LogP contribution in [0.1, 0.15) is 13.8 Å². The van der Waals surface area contributed by atoms with Crippen LogP contribution in [0.15, 0.2) is 0 Å². The summed E-state index contributed by atoms with van der Waals surface area (Å²) >= 11 is 0. The van der Waals surface area contributed by atoms with Gasteiger partial charge >= 0.3 is 0 Å². The van der Waals surface area contributed by atoms with Crippen molar-refractivity contribution in [2.45, 2.75) is 25.9 Å². The van der Waals surface area contributed by atoms with Gasteiger partial charge < -0.3 is 16.0 Å². The van der Waals surface area contributed by atoms with Crippen molar-refractivity contribution >= 4 is 5.91 Å². The molecule has 1 aliphatic heterocycles. The van der Waals surface area contributed by atoms with Crippen molar-refractivity contribution < 1.29 is 4.79 Å². The summed E-state index contributed by atoms with van der Waals surface area (Å²) in [5, 5.41) is 2.86. The van der Waals surface area contributed by atoms with Crippen molar-refractivity contribution in [2.24, 2.45) is 5.73 Å². The SMILES string of the molecule is CCNC(=O)C(C)N1CCN(C)CC1CN. The van der Waals surface area contributed by atoms with E-state index in [1.807, 2.05) is 13.8 Å². The van der Waals surface area contributed by atoms with Gasteiger partial charge in [0, 0.05) is 38.8 Å². The Morgan fingerprint density at radius 2 is 2.25 bits per heavy atom. The zero-order chi connectivity index (χ0) is 12.1. The Morgan fingerprint density at radius 3 is 2.81 bits per heavy atom. The van der Waals surface area contributed by atoms with Crippen LogP contribution in [0, 0.1) is 0 Å². The van der Waals surface area contributed by atoms with E-state index in [2.05, 4.69) is 22.2 Å². The summed E-state index contributed by atoms with van der Waals surface area (Å²) in [7, 11) is 2.09. The lowest BCUT2D eigenvalue weighted by molar-refractivity contribution is -0.127. The second-order valence-electron chi connectivity index (χ2n) is 4.46. The summed E-state index contributed by atoms with van der Waals surface area (Å²) in [4.78, 5) is 16.3. The van der Waals surface area contributed by atoms with Gasteiger partial charge in [0.05, 0.1) is 6.04 Å². The van der Waals surface area contributed by atoms with Crippen LogP contribution in [0.25, 0.3) is 0 Å². The third kappa shape index (κ3) is 3.17. The van der Waals surface area contributed by atoms with Crippen LogP contribution in [-0.4, -0.2) is 67.6 Å². The Labute approximate surface area is 98.0 Å². The van der Waals surface area contributed by atoms with Gasteiger partial charge in [0.25, 0.3) is 0 Å². The summed E-state index contributed by atoms with van der Waals surface area (Å²) in [6.07, 6.45) is 0. The van der Waals surface area contributed by atoms with Crippen LogP contribution in [0.3, 0.4) is 0 Å². The van der Waals surface area contributed by atoms with Gasteiger partial charge in [-0.3, -0.25) is 9.69 Å². The summed E-state index contributed by atoms with van der Waals surface area (Å²) in [5.41, 5.74) is 5.77. The zero-order valence-electron chi connectivity index (χ0n) is 10.6. The summed E-state index contributed by atoms with van der Waals surface area (Å²) in [5.74, 6) is 0.102. The molecule has 3 N–H and O–H groups in total. The number of hydrogen-bond donors (Lipinski definition) is 2. The third-order valence-corrected chi connectivity index (χ3v) is 3.23. The third-order valence-electron chi connectivity index (χ3n) is 3.23. The van der Waals surface area contributed by atoms with Gasteiger partial charge in [-0.15, -0.1) is 0 Å². The van der Waals surface area contributed by atoms with Crippen LogP contribution in [-0.2, 0) is 4.79 Å². The maximum atomic E-state index is 11.8. The van der Waals surface area contributed by atoms with Gasteiger partial charge in [-0.1, -0.05) is 0 Å². The normalized spacial score (nSPS) is 25.4. The van der Waals surface area contributed by atoms with Gasteiger partial charge in [0.2, 0.25) is 5.91 Å². The fourth-order valence-electron chi connectivity index (χ4n) is 2.22. The molecule has 1 heterocycles. The molecule has 0 bridgehead atoms. The molecule has 1 saturated heterocycles. The monoisotopic (exact) mass is 228 g/mol. The molecule has 94 valence electrons. The molecular formula is C11H24N4O. The molecule has 16 heavy (non-hydrogen) atoms. The number of likely N-dealkylation sites (N-methyl/N-ethyl adjacent to an activating group) is 2. The first-order valence-electron chi connectivity index (χ1n) is 6.02. The highest BCUT2D eigenvalue weighted by Gasteiger charge is 2.30. The maximum absolute atomic E-state index is 11.8. The van der Waals surface area contributed by atoms with E-state index in [-0.39, 0.29) is 18.0 Å². The van der Waals surface area contributed by atoms with E-state index in [1.165, 1.54) is 0 Å². The van der Waals surface area contributed by atoms with Gasteiger partial charge in [-0.05, 0) is 20.9 Å². The van der Waals surface area contributed by atoms with E-state index in [9.17, 15) is 4.79 Å². The van der Waals surface area contributed by atoms with E-state index in [0.717, 1.165) is 19.6 Å². The topological polar surface area (TPSA) is 61.6 Å². The molecule has 0 aliphatic carbocycles. The van der Waals surface area contributed by atoms with Gasteiger partial charge in [0.15, 0.2) is 0 Å². The molecule has 1 amide bonds. The van der Waals surface area contributed by atoms with E-state index >= 15 is 0 Å². The number of carbonyl (C=O) groups excluding carboxylic acids is 1.